The number of amides is 1. The largest absolute Gasteiger partial charge is 0.311 e. The molecule has 0 saturated carbocycles. The van der Waals surface area contributed by atoms with Gasteiger partial charge >= 0.3 is 0 Å². The van der Waals surface area contributed by atoms with Gasteiger partial charge in [0.05, 0.1) is 23.9 Å². The van der Waals surface area contributed by atoms with Crippen LogP contribution in [0.3, 0.4) is 0 Å². The first-order valence-electron chi connectivity index (χ1n) is 10.5. The molecule has 0 radical (unpaired) electrons. The van der Waals surface area contributed by atoms with Crippen LogP contribution < -0.4 is 4.90 Å². The maximum atomic E-state index is 14.7. The lowest BCUT2D eigenvalue weighted by Gasteiger charge is -2.21. The monoisotopic (exact) mass is 493 g/mol. The molecule has 35 heavy (non-hydrogen) atoms. The molecule has 0 fully saturated rings. The third kappa shape index (κ3) is 5.53. The minimum Gasteiger partial charge on any atom is -0.311 e. The molecule has 1 amide bonds. The molecule has 4 rings (SSSR count). The lowest BCUT2D eigenvalue weighted by atomic mass is 10.2. The van der Waals surface area contributed by atoms with Crippen molar-refractivity contribution in [2.45, 2.75) is 11.6 Å². The van der Waals surface area contributed by atoms with Crippen LogP contribution in [0.5, 0.6) is 0 Å². The first-order chi connectivity index (χ1) is 17.0. The van der Waals surface area contributed by atoms with E-state index in [9.17, 15) is 18.0 Å². The van der Waals surface area contributed by atoms with Gasteiger partial charge in [-0.2, -0.15) is 5.26 Å². The minimum atomic E-state index is -0.808. The molecule has 0 atom stereocenters. The molecule has 3 aromatic carbocycles. The van der Waals surface area contributed by atoms with Crippen molar-refractivity contribution >= 4 is 23.4 Å². The number of aromatic nitrogens is 3. The Kier molecular flexibility index (Phi) is 7.48. The van der Waals surface area contributed by atoms with E-state index >= 15 is 0 Å². The van der Waals surface area contributed by atoms with E-state index < -0.39 is 17.5 Å². The Balaban J connectivity index is 1.65. The number of hydrogen-bond acceptors (Lipinski definition) is 5. The predicted molar refractivity (Wildman–Crippen MR) is 126 cm³/mol. The summed E-state index contributed by atoms with van der Waals surface area (Å²) in [4.78, 5) is 14.4. The number of carbonyl (C=O) groups excluding carboxylic acids is 1. The number of nitrogens with zero attached hydrogens (tertiary/aromatic N) is 5. The van der Waals surface area contributed by atoms with Crippen LogP contribution in [0.4, 0.5) is 18.9 Å². The van der Waals surface area contributed by atoms with E-state index in [0.717, 1.165) is 23.9 Å². The maximum absolute atomic E-state index is 14.7. The van der Waals surface area contributed by atoms with E-state index in [0.29, 0.717) is 17.1 Å². The first-order valence-corrected chi connectivity index (χ1v) is 11.5. The van der Waals surface area contributed by atoms with Crippen LogP contribution in [0.1, 0.15) is 6.42 Å². The topological polar surface area (TPSA) is 74.8 Å². The number of benzene rings is 3. The number of carbonyl (C=O) groups is 1. The normalized spacial score (nSPS) is 10.7. The fourth-order valence-corrected chi connectivity index (χ4v) is 4.22. The van der Waals surface area contributed by atoms with Gasteiger partial charge in [-0.25, -0.2) is 13.2 Å². The number of halogens is 3. The molecule has 176 valence electrons. The van der Waals surface area contributed by atoms with Crippen LogP contribution in [-0.2, 0) is 4.79 Å². The van der Waals surface area contributed by atoms with Crippen LogP contribution in [-0.4, -0.2) is 33.0 Å². The summed E-state index contributed by atoms with van der Waals surface area (Å²) in [7, 11) is 0. The summed E-state index contributed by atoms with van der Waals surface area (Å²) in [6.07, 6.45) is 0.0862. The van der Waals surface area contributed by atoms with Crippen molar-refractivity contribution in [3.8, 4) is 23.1 Å². The third-order valence-corrected chi connectivity index (χ3v) is 5.94. The molecule has 0 bridgehead atoms. The van der Waals surface area contributed by atoms with Gasteiger partial charge in [0.25, 0.3) is 0 Å². The van der Waals surface area contributed by atoms with Crippen molar-refractivity contribution in [2.24, 2.45) is 0 Å². The van der Waals surface area contributed by atoms with E-state index in [1.165, 1.54) is 39.8 Å². The third-order valence-electron chi connectivity index (χ3n) is 5.03. The van der Waals surface area contributed by atoms with Gasteiger partial charge in [-0.3, -0.25) is 9.36 Å². The molecular weight excluding hydrogens is 475 g/mol. The smallest absolute Gasteiger partial charge is 0.237 e. The van der Waals surface area contributed by atoms with Gasteiger partial charge in [-0.15, -0.1) is 10.2 Å². The van der Waals surface area contributed by atoms with Gasteiger partial charge in [0.1, 0.15) is 17.5 Å². The second-order valence-corrected chi connectivity index (χ2v) is 8.26. The van der Waals surface area contributed by atoms with Crippen LogP contribution in [0, 0.1) is 28.8 Å². The Morgan fingerprint density at radius 2 is 1.69 bits per heavy atom. The molecular formula is C25H18F3N5OS. The summed E-state index contributed by atoms with van der Waals surface area (Å²) in [6, 6.07) is 19.5. The molecule has 1 aromatic heterocycles. The van der Waals surface area contributed by atoms with Crippen molar-refractivity contribution in [3.63, 3.8) is 0 Å². The average molecular weight is 494 g/mol. The molecule has 0 aliphatic heterocycles. The lowest BCUT2D eigenvalue weighted by Crippen LogP contribution is -2.33. The van der Waals surface area contributed by atoms with Crippen molar-refractivity contribution in [1.29, 1.82) is 5.26 Å². The predicted octanol–water partition coefficient (Wildman–Crippen LogP) is 5.39. The Labute approximate surface area is 203 Å². The zero-order valence-electron chi connectivity index (χ0n) is 18.2. The molecule has 1 heterocycles. The van der Waals surface area contributed by atoms with Crippen LogP contribution in [0.15, 0.2) is 78.0 Å². The van der Waals surface area contributed by atoms with Gasteiger partial charge in [-0.05, 0) is 36.4 Å². The minimum absolute atomic E-state index is 0.0325. The fourth-order valence-electron chi connectivity index (χ4n) is 3.40. The molecule has 4 aromatic rings. The molecule has 0 aliphatic rings. The van der Waals surface area contributed by atoms with E-state index in [4.69, 9.17) is 5.26 Å². The molecule has 0 N–H and O–H groups in total. The Hall–Kier alpha value is -4.10. The van der Waals surface area contributed by atoms with Crippen molar-refractivity contribution in [2.75, 3.05) is 17.2 Å². The average Bonchev–Trinajstić information content (AvgIpc) is 3.28. The summed E-state index contributed by atoms with van der Waals surface area (Å²) in [5.74, 6) is -2.12. The van der Waals surface area contributed by atoms with E-state index in [2.05, 4.69) is 10.2 Å². The number of rotatable bonds is 8. The van der Waals surface area contributed by atoms with Crippen molar-refractivity contribution < 1.29 is 18.0 Å². The quantitative estimate of drug-likeness (QED) is 0.308. The highest BCUT2D eigenvalue weighted by molar-refractivity contribution is 7.99. The van der Waals surface area contributed by atoms with Gasteiger partial charge in [-0.1, -0.05) is 42.1 Å². The van der Waals surface area contributed by atoms with Crippen molar-refractivity contribution in [3.05, 3.63) is 90.2 Å². The Morgan fingerprint density at radius 1 is 0.971 bits per heavy atom. The number of hydrogen-bond donors (Lipinski definition) is 0. The van der Waals surface area contributed by atoms with E-state index in [1.807, 2.05) is 12.1 Å². The molecule has 6 nitrogen and oxygen atoms in total. The molecule has 0 saturated heterocycles. The second-order valence-electron chi connectivity index (χ2n) is 7.32. The lowest BCUT2D eigenvalue weighted by molar-refractivity contribution is -0.116. The summed E-state index contributed by atoms with van der Waals surface area (Å²) in [5.41, 5.74) is 1.14. The Bertz CT molecular complexity index is 1370. The summed E-state index contributed by atoms with van der Waals surface area (Å²) in [6.45, 7) is 0.121. The highest BCUT2D eigenvalue weighted by atomic mass is 32.2. The summed E-state index contributed by atoms with van der Waals surface area (Å²) < 4.78 is 43.1. The van der Waals surface area contributed by atoms with E-state index in [1.54, 1.807) is 24.3 Å². The molecule has 0 unspecified atom stereocenters. The van der Waals surface area contributed by atoms with E-state index in [-0.39, 0.29) is 35.5 Å². The molecule has 0 spiro atoms. The van der Waals surface area contributed by atoms with Gasteiger partial charge < -0.3 is 4.90 Å². The standard InChI is InChI=1S/C25H18F3N5OS/c26-18-7-10-20(11-8-18)32(14-4-13-29)23(34)16-35-25-31-30-24(17-5-2-1-3-6-17)33(25)22-12-9-19(27)15-21(22)28/h1-3,5-12,15H,4,14,16H2. The highest BCUT2D eigenvalue weighted by Gasteiger charge is 2.22. The van der Waals surface area contributed by atoms with Gasteiger partial charge in [0.15, 0.2) is 11.0 Å². The zero-order valence-corrected chi connectivity index (χ0v) is 19.1. The SMILES string of the molecule is N#CCCN(C(=O)CSc1nnc(-c2ccccc2)n1-c1ccc(F)cc1F)c1ccc(F)cc1. The van der Waals surface area contributed by atoms with Crippen LogP contribution in [0.25, 0.3) is 17.1 Å². The summed E-state index contributed by atoms with van der Waals surface area (Å²) in [5, 5.41) is 17.5. The number of anilines is 1. The second kappa shape index (κ2) is 10.9. The maximum Gasteiger partial charge on any atom is 0.237 e. The molecule has 10 heteroatoms. The Morgan fingerprint density at radius 3 is 2.37 bits per heavy atom. The first kappa shape index (κ1) is 24.0. The van der Waals surface area contributed by atoms with Crippen LogP contribution >= 0.6 is 11.8 Å². The number of thioether (sulfide) groups is 1. The number of nitriles is 1. The zero-order chi connectivity index (χ0) is 24.8. The summed E-state index contributed by atoms with van der Waals surface area (Å²) >= 11 is 1.02. The van der Waals surface area contributed by atoms with Gasteiger partial charge in [0, 0.05) is 23.9 Å². The molecule has 0 aliphatic carbocycles. The van der Waals surface area contributed by atoms with Crippen LogP contribution in [0.2, 0.25) is 0 Å². The van der Waals surface area contributed by atoms with Gasteiger partial charge in [0.2, 0.25) is 5.91 Å². The highest BCUT2D eigenvalue weighted by Crippen LogP contribution is 2.30. The van der Waals surface area contributed by atoms with Crippen molar-refractivity contribution in [1.82, 2.24) is 14.8 Å². The fraction of sp³-hybridized carbons (Fsp3) is 0.120.